The Kier molecular flexibility index (Phi) is 6.97. The molecule has 0 saturated heterocycles. The molecule has 0 bridgehead atoms. The fraction of sp³-hybridized carbons (Fsp3) is 0.208. The smallest absolute Gasteiger partial charge is 0.264 e. The van der Waals surface area contributed by atoms with Gasteiger partial charge < -0.3 is 10.1 Å². The molecule has 0 aliphatic heterocycles. The van der Waals surface area contributed by atoms with Crippen molar-refractivity contribution in [3.63, 3.8) is 0 Å². The van der Waals surface area contributed by atoms with Gasteiger partial charge in [0, 0.05) is 5.69 Å². The summed E-state index contributed by atoms with van der Waals surface area (Å²) in [6, 6.07) is 20.5. The predicted octanol–water partition coefficient (Wildman–Crippen LogP) is 4.54. The first-order valence-electron chi connectivity index (χ1n) is 9.98. The van der Waals surface area contributed by atoms with E-state index in [1.807, 2.05) is 39.0 Å². The number of hydrogen-bond donors (Lipinski definition) is 1. The molecule has 0 radical (unpaired) electrons. The zero-order valence-electron chi connectivity index (χ0n) is 17.8. The summed E-state index contributed by atoms with van der Waals surface area (Å²) >= 11 is 0. The van der Waals surface area contributed by atoms with Crippen LogP contribution in [0.15, 0.2) is 77.7 Å². The highest BCUT2D eigenvalue weighted by Gasteiger charge is 2.27. The molecule has 6 nitrogen and oxygen atoms in total. The Morgan fingerprint density at radius 2 is 1.55 bits per heavy atom. The highest BCUT2D eigenvalue weighted by molar-refractivity contribution is 7.92. The first-order valence-corrected chi connectivity index (χ1v) is 11.4. The van der Waals surface area contributed by atoms with E-state index >= 15 is 0 Å². The second-order valence-electron chi connectivity index (χ2n) is 7.18. The van der Waals surface area contributed by atoms with Crippen LogP contribution in [0.2, 0.25) is 0 Å². The van der Waals surface area contributed by atoms with E-state index in [0.717, 1.165) is 15.4 Å². The van der Waals surface area contributed by atoms with Crippen LogP contribution in [0.5, 0.6) is 5.75 Å². The molecular weight excluding hydrogens is 412 g/mol. The van der Waals surface area contributed by atoms with E-state index < -0.39 is 15.9 Å². The highest BCUT2D eigenvalue weighted by atomic mass is 32.2. The van der Waals surface area contributed by atoms with Crippen LogP contribution in [0, 0.1) is 13.8 Å². The number of carbonyl (C=O) groups is 1. The quantitative estimate of drug-likeness (QED) is 0.560. The molecule has 0 aliphatic carbocycles. The minimum absolute atomic E-state index is 0.0824. The maximum absolute atomic E-state index is 13.4. The standard InChI is InChI=1S/C24H26N2O4S/c1-4-30-22-10-12-23(13-11-22)31(28,29)26(21-8-6-5-7-9-21)17-24(27)25-20-15-18(2)14-19(3)16-20/h5-16H,4,17H2,1-3H3,(H,25,27). The molecule has 31 heavy (non-hydrogen) atoms. The van der Waals surface area contributed by atoms with E-state index in [2.05, 4.69) is 5.32 Å². The van der Waals surface area contributed by atoms with Crippen molar-refractivity contribution in [1.82, 2.24) is 0 Å². The van der Waals surface area contributed by atoms with Gasteiger partial charge in [-0.15, -0.1) is 0 Å². The average molecular weight is 439 g/mol. The molecule has 7 heteroatoms. The number of benzene rings is 3. The normalized spacial score (nSPS) is 11.1. The zero-order chi connectivity index (χ0) is 22.4. The third-order valence-corrected chi connectivity index (χ3v) is 6.35. The van der Waals surface area contributed by atoms with Crippen molar-refractivity contribution < 1.29 is 17.9 Å². The van der Waals surface area contributed by atoms with Crippen molar-refractivity contribution >= 4 is 27.3 Å². The maximum Gasteiger partial charge on any atom is 0.264 e. The van der Waals surface area contributed by atoms with Crippen molar-refractivity contribution in [3.05, 3.63) is 83.9 Å². The van der Waals surface area contributed by atoms with Gasteiger partial charge in [-0.25, -0.2) is 8.42 Å². The van der Waals surface area contributed by atoms with E-state index in [4.69, 9.17) is 4.74 Å². The van der Waals surface area contributed by atoms with E-state index in [0.29, 0.717) is 23.7 Å². The zero-order valence-corrected chi connectivity index (χ0v) is 18.6. The van der Waals surface area contributed by atoms with Gasteiger partial charge in [0.25, 0.3) is 10.0 Å². The lowest BCUT2D eigenvalue weighted by Crippen LogP contribution is -2.38. The molecule has 0 aromatic heterocycles. The average Bonchev–Trinajstić information content (AvgIpc) is 2.72. The number of hydrogen-bond acceptors (Lipinski definition) is 4. The molecular formula is C24H26N2O4S. The molecule has 0 unspecified atom stereocenters. The number of rotatable bonds is 8. The Balaban J connectivity index is 1.90. The first-order chi connectivity index (χ1) is 14.8. The number of ether oxygens (including phenoxy) is 1. The second-order valence-corrected chi connectivity index (χ2v) is 9.04. The number of aryl methyl sites for hydroxylation is 2. The van der Waals surface area contributed by atoms with E-state index in [1.165, 1.54) is 12.1 Å². The molecule has 0 fully saturated rings. The fourth-order valence-electron chi connectivity index (χ4n) is 3.29. The highest BCUT2D eigenvalue weighted by Crippen LogP contribution is 2.25. The Bertz CT molecular complexity index is 1120. The monoisotopic (exact) mass is 438 g/mol. The maximum atomic E-state index is 13.4. The minimum Gasteiger partial charge on any atom is -0.494 e. The van der Waals surface area contributed by atoms with Crippen molar-refractivity contribution in [2.75, 3.05) is 22.8 Å². The molecule has 162 valence electrons. The molecule has 3 rings (SSSR count). The van der Waals surface area contributed by atoms with Gasteiger partial charge in [-0.1, -0.05) is 24.3 Å². The van der Waals surface area contributed by atoms with Crippen molar-refractivity contribution in [3.8, 4) is 5.75 Å². The fourth-order valence-corrected chi connectivity index (χ4v) is 4.71. The number of nitrogens with one attached hydrogen (secondary N) is 1. The number of para-hydroxylation sites is 1. The van der Waals surface area contributed by atoms with Gasteiger partial charge in [-0.05, 0) is 80.4 Å². The summed E-state index contributed by atoms with van der Waals surface area (Å²) in [5, 5.41) is 2.81. The SMILES string of the molecule is CCOc1ccc(S(=O)(=O)N(CC(=O)Nc2cc(C)cc(C)c2)c2ccccc2)cc1. The van der Waals surface area contributed by atoms with Gasteiger partial charge in [-0.3, -0.25) is 9.10 Å². The van der Waals surface area contributed by atoms with Crippen molar-refractivity contribution in [2.45, 2.75) is 25.7 Å². The second kappa shape index (κ2) is 9.66. The molecule has 0 aliphatic rings. The van der Waals surface area contributed by atoms with Gasteiger partial charge >= 0.3 is 0 Å². The van der Waals surface area contributed by atoms with Crippen LogP contribution in [0.4, 0.5) is 11.4 Å². The first kappa shape index (κ1) is 22.4. The summed E-state index contributed by atoms with van der Waals surface area (Å²) in [6.45, 7) is 5.87. The molecule has 0 spiro atoms. The van der Waals surface area contributed by atoms with Crippen LogP contribution in [0.3, 0.4) is 0 Å². The Hall–Kier alpha value is -3.32. The van der Waals surface area contributed by atoms with E-state index in [-0.39, 0.29) is 11.4 Å². The molecule has 0 saturated carbocycles. The number of nitrogens with zero attached hydrogens (tertiary/aromatic N) is 1. The van der Waals surface area contributed by atoms with Crippen LogP contribution in [-0.2, 0) is 14.8 Å². The lowest BCUT2D eigenvalue weighted by Gasteiger charge is -2.24. The molecule has 1 N–H and O–H groups in total. The minimum atomic E-state index is -3.97. The predicted molar refractivity (Wildman–Crippen MR) is 123 cm³/mol. The lowest BCUT2D eigenvalue weighted by molar-refractivity contribution is -0.114. The summed E-state index contributed by atoms with van der Waals surface area (Å²) < 4.78 is 33.3. The molecule has 1 amide bonds. The molecule has 3 aromatic rings. The van der Waals surface area contributed by atoms with Crippen LogP contribution in [0.1, 0.15) is 18.1 Å². The lowest BCUT2D eigenvalue weighted by atomic mass is 10.1. The Labute approximate surface area is 183 Å². The van der Waals surface area contributed by atoms with Crippen molar-refractivity contribution in [1.29, 1.82) is 0 Å². The Morgan fingerprint density at radius 3 is 2.13 bits per heavy atom. The Morgan fingerprint density at radius 1 is 0.935 bits per heavy atom. The topological polar surface area (TPSA) is 75.7 Å². The van der Waals surface area contributed by atoms with Gasteiger partial charge in [0.1, 0.15) is 12.3 Å². The summed E-state index contributed by atoms with van der Waals surface area (Å²) in [5.41, 5.74) is 3.07. The van der Waals surface area contributed by atoms with Gasteiger partial charge in [0.05, 0.1) is 17.2 Å². The molecule has 0 heterocycles. The number of amides is 1. The van der Waals surface area contributed by atoms with Gasteiger partial charge in [-0.2, -0.15) is 0 Å². The summed E-state index contributed by atoms with van der Waals surface area (Å²) in [5.74, 6) is 0.156. The van der Waals surface area contributed by atoms with Gasteiger partial charge in [0.15, 0.2) is 0 Å². The largest absolute Gasteiger partial charge is 0.494 e. The molecule has 0 atom stereocenters. The van der Waals surface area contributed by atoms with E-state index in [9.17, 15) is 13.2 Å². The van der Waals surface area contributed by atoms with E-state index in [1.54, 1.807) is 42.5 Å². The third kappa shape index (κ3) is 5.64. The van der Waals surface area contributed by atoms with Crippen LogP contribution >= 0.6 is 0 Å². The van der Waals surface area contributed by atoms with Crippen LogP contribution in [-0.4, -0.2) is 27.5 Å². The number of carbonyl (C=O) groups excluding carboxylic acids is 1. The summed E-state index contributed by atoms with van der Waals surface area (Å²) in [4.78, 5) is 12.9. The van der Waals surface area contributed by atoms with Crippen LogP contribution < -0.4 is 14.4 Å². The summed E-state index contributed by atoms with van der Waals surface area (Å²) in [7, 11) is -3.97. The van der Waals surface area contributed by atoms with Crippen molar-refractivity contribution in [2.24, 2.45) is 0 Å². The number of sulfonamides is 1. The molecule has 3 aromatic carbocycles. The summed E-state index contributed by atoms with van der Waals surface area (Å²) in [6.07, 6.45) is 0. The number of anilines is 2. The van der Waals surface area contributed by atoms with Gasteiger partial charge in [0.2, 0.25) is 5.91 Å². The van der Waals surface area contributed by atoms with Crippen LogP contribution in [0.25, 0.3) is 0 Å². The third-order valence-electron chi connectivity index (χ3n) is 4.56.